The summed E-state index contributed by atoms with van der Waals surface area (Å²) in [6.45, 7) is 2.98. The van der Waals surface area contributed by atoms with Crippen LogP contribution in [0.3, 0.4) is 0 Å². The van der Waals surface area contributed by atoms with Crippen LogP contribution in [0.5, 0.6) is 0 Å². The second-order valence-corrected chi connectivity index (χ2v) is 3.67. The van der Waals surface area contributed by atoms with Crippen LogP contribution in [0.1, 0.15) is 16.3 Å². The molecule has 12 heavy (non-hydrogen) atoms. The molecule has 0 radical (unpaired) electrons. The summed E-state index contributed by atoms with van der Waals surface area (Å²) < 4.78 is 0. The zero-order valence-electron chi connectivity index (χ0n) is 7.35. The normalized spacial score (nSPS) is 9.17. The molecular weight excluding hydrogens is 168 g/mol. The summed E-state index contributed by atoms with van der Waals surface area (Å²) >= 11 is 1.64. The van der Waals surface area contributed by atoms with Crippen LogP contribution in [0, 0.1) is 18.8 Å². The van der Waals surface area contributed by atoms with Crippen LogP contribution in [0.2, 0.25) is 0 Å². The maximum Gasteiger partial charge on any atom is 0.167 e. The molecule has 0 unspecified atom stereocenters. The van der Waals surface area contributed by atoms with Gasteiger partial charge in [0.15, 0.2) is 5.01 Å². The minimum absolute atomic E-state index is 0.884. The maximum atomic E-state index is 4.14. The van der Waals surface area contributed by atoms with Gasteiger partial charge in [-0.25, -0.2) is 4.98 Å². The molecule has 2 nitrogen and oxygen atoms in total. The molecule has 0 aliphatic heterocycles. The molecule has 1 N–H and O–H groups in total. The molecule has 3 heteroatoms. The van der Waals surface area contributed by atoms with Crippen molar-refractivity contribution in [2.75, 3.05) is 13.6 Å². The molecule has 0 atom stereocenters. The van der Waals surface area contributed by atoms with E-state index in [-0.39, 0.29) is 0 Å². The van der Waals surface area contributed by atoms with Gasteiger partial charge in [-0.15, -0.1) is 11.3 Å². The lowest BCUT2D eigenvalue weighted by Crippen LogP contribution is -2.05. The number of thiazole rings is 1. The minimum atomic E-state index is 0.884. The molecule has 0 aliphatic rings. The number of rotatable bonds is 2. The van der Waals surface area contributed by atoms with Crippen LogP contribution in [0.4, 0.5) is 0 Å². The number of aryl methyl sites for hydroxylation is 1. The van der Waals surface area contributed by atoms with Crippen LogP contribution in [-0.4, -0.2) is 18.6 Å². The SMILES string of the molecule is CNCCC#Cc1ncc(C)s1. The maximum absolute atomic E-state index is 4.14. The van der Waals surface area contributed by atoms with E-state index < -0.39 is 0 Å². The van der Waals surface area contributed by atoms with Crippen molar-refractivity contribution in [1.82, 2.24) is 10.3 Å². The second-order valence-electron chi connectivity index (χ2n) is 2.43. The highest BCUT2D eigenvalue weighted by molar-refractivity contribution is 7.12. The van der Waals surface area contributed by atoms with E-state index in [9.17, 15) is 0 Å². The fourth-order valence-electron chi connectivity index (χ4n) is 0.738. The van der Waals surface area contributed by atoms with Crippen molar-refractivity contribution >= 4 is 11.3 Å². The van der Waals surface area contributed by atoms with E-state index in [2.05, 4.69) is 22.1 Å². The second kappa shape index (κ2) is 4.91. The van der Waals surface area contributed by atoms with Gasteiger partial charge < -0.3 is 5.32 Å². The summed E-state index contributed by atoms with van der Waals surface area (Å²) in [4.78, 5) is 5.35. The lowest BCUT2D eigenvalue weighted by molar-refractivity contribution is 0.818. The molecule has 0 amide bonds. The number of aromatic nitrogens is 1. The molecule has 0 saturated carbocycles. The van der Waals surface area contributed by atoms with Crippen LogP contribution in [0.25, 0.3) is 0 Å². The molecule has 64 valence electrons. The molecule has 0 spiro atoms. The van der Waals surface area contributed by atoms with Crippen LogP contribution < -0.4 is 5.32 Å². The van der Waals surface area contributed by atoms with Crippen molar-refractivity contribution in [3.8, 4) is 11.8 Å². The predicted molar refractivity (Wildman–Crippen MR) is 52.3 cm³/mol. The van der Waals surface area contributed by atoms with Gasteiger partial charge in [0.25, 0.3) is 0 Å². The van der Waals surface area contributed by atoms with Gasteiger partial charge in [-0.1, -0.05) is 5.92 Å². The van der Waals surface area contributed by atoms with Gasteiger partial charge in [-0.05, 0) is 19.9 Å². The topological polar surface area (TPSA) is 24.9 Å². The smallest absolute Gasteiger partial charge is 0.167 e. The Morgan fingerprint density at radius 2 is 2.50 bits per heavy atom. The molecule has 0 fully saturated rings. The third-order valence-corrected chi connectivity index (χ3v) is 2.14. The van der Waals surface area contributed by atoms with Gasteiger partial charge in [0.2, 0.25) is 0 Å². The average molecular weight is 180 g/mol. The first-order valence-electron chi connectivity index (χ1n) is 3.89. The van der Waals surface area contributed by atoms with E-state index in [1.54, 1.807) is 11.3 Å². The van der Waals surface area contributed by atoms with E-state index in [0.29, 0.717) is 0 Å². The first-order valence-corrected chi connectivity index (χ1v) is 4.70. The molecule has 0 aromatic carbocycles. The van der Waals surface area contributed by atoms with Crippen molar-refractivity contribution in [2.45, 2.75) is 13.3 Å². The highest BCUT2D eigenvalue weighted by Crippen LogP contribution is 2.08. The Morgan fingerprint density at radius 3 is 3.08 bits per heavy atom. The van der Waals surface area contributed by atoms with Crippen molar-refractivity contribution in [1.29, 1.82) is 0 Å². The van der Waals surface area contributed by atoms with Crippen molar-refractivity contribution in [3.05, 3.63) is 16.1 Å². The summed E-state index contributed by atoms with van der Waals surface area (Å²) in [6.07, 6.45) is 2.74. The molecule has 0 saturated heterocycles. The summed E-state index contributed by atoms with van der Waals surface area (Å²) in [5.74, 6) is 6.07. The monoisotopic (exact) mass is 180 g/mol. The van der Waals surface area contributed by atoms with E-state index in [1.807, 2.05) is 20.2 Å². The number of nitrogens with zero attached hydrogens (tertiary/aromatic N) is 1. The summed E-state index contributed by atoms with van der Waals surface area (Å²) in [5.41, 5.74) is 0. The molecule has 1 aromatic heterocycles. The van der Waals surface area contributed by atoms with Gasteiger partial charge >= 0.3 is 0 Å². The van der Waals surface area contributed by atoms with Gasteiger partial charge in [0.05, 0.1) is 0 Å². The highest BCUT2D eigenvalue weighted by atomic mass is 32.1. The van der Waals surface area contributed by atoms with Crippen molar-refractivity contribution < 1.29 is 0 Å². The summed E-state index contributed by atoms with van der Waals surface area (Å²) in [7, 11) is 1.93. The van der Waals surface area contributed by atoms with E-state index in [1.165, 1.54) is 4.88 Å². The van der Waals surface area contributed by atoms with E-state index >= 15 is 0 Å². The molecular formula is C9H12N2S. The Balaban J connectivity index is 2.43. The van der Waals surface area contributed by atoms with Crippen LogP contribution in [-0.2, 0) is 0 Å². The van der Waals surface area contributed by atoms with Crippen molar-refractivity contribution in [3.63, 3.8) is 0 Å². The Hall–Kier alpha value is -0.850. The predicted octanol–water partition coefficient (Wildman–Crippen LogP) is 1.41. The van der Waals surface area contributed by atoms with Crippen molar-refractivity contribution in [2.24, 2.45) is 0 Å². The van der Waals surface area contributed by atoms with Gasteiger partial charge in [-0.3, -0.25) is 0 Å². The third-order valence-electron chi connectivity index (χ3n) is 1.32. The molecule has 0 bridgehead atoms. The Kier molecular flexibility index (Phi) is 3.78. The van der Waals surface area contributed by atoms with Gasteiger partial charge in [-0.2, -0.15) is 0 Å². The quantitative estimate of drug-likeness (QED) is 0.550. The minimum Gasteiger partial charge on any atom is -0.319 e. The summed E-state index contributed by atoms with van der Waals surface area (Å²) in [6, 6.07) is 0. The third kappa shape index (κ3) is 3.04. The molecule has 1 aromatic rings. The van der Waals surface area contributed by atoms with E-state index in [0.717, 1.165) is 18.0 Å². The summed E-state index contributed by atoms with van der Waals surface area (Å²) in [5, 5.41) is 3.96. The number of hydrogen-bond donors (Lipinski definition) is 1. The van der Waals surface area contributed by atoms with E-state index in [4.69, 9.17) is 0 Å². The lowest BCUT2D eigenvalue weighted by Gasteiger charge is -1.86. The zero-order chi connectivity index (χ0) is 8.81. The van der Waals surface area contributed by atoms with Gasteiger partial charge in [0.1, 0.15) is 0 Å². The lowest BCUT2D eigenvalue weighted by atomic mass is 10.4. The Morgan fingerprint density at radius 1 is 1.67 bits per heavy atom. The number of hydrogen-bond acceptors (Lipinski definition) is 3. The number of nitrogens with one attached hydrogen (secondary N) is 1. The standard InChI is InChI=1S/C9H12N2S/c1-8-7-11-9(12-8)5-3-4-6-10-2/h7,10H,4,6H2,1-2H3. The molecule has 0 aliphatic carbocycles. The Labute approximate surface area is 77.0 Å². The average Bonchev–Trinajstić information content (AvgIpc) is 2.45. The highest BCUT2D eigenvalue weighted by Gasteiger charge is 1.91. The largest absolute Gasteiger partial charge is 0.319 e. The zero-order valence-corrected chi connectivity index (χ0v) is 8.16. The van der Waals surface area contributed by atoms with Crippen LogP contribution >= 0.6 is 11.3 Å². The fraction of sp³-hybridized carbons (Fsp3) is 0.444. The van der Waals surface area contributed by atoms with Gasteiger partial charge in [0, 0.05) is 24.0 Å². The first kappa shape index (κ1) is 9.24. The Bertz CT molecular complexity index is 293. The van der Waals surface area contributed by atoms with Crippen LogP contribution in [0.15, 0.2) is 6.20 Å². The fourth-order valence-corrected chi connectivity index (χ4v) is 1.38. The molecule has 1 heterocycles. The first-order chi connectivity index (χ1) is 5.83. The molecule has 1 rings (SSSR count).